The minimum Gasteiger partial charge on any atom is -0.357 e. The SMILES string of the molecule is CC(NC1CCN(c2ccc(C#N)cn2)CC1)c1ccc(C#N)cc1. The molecule has 0 bridgehead atoms. The first-order chi connectivity index (χ1) is 12.2. The van der Waals surface area contributed by atoms with Crippen LogP contribution in [0.15, 0.2) is 42.6 Å². The second kappa shape index (κ2) is 7.79. The molecule has 0 spiro atoms. The Bertz CT molecular complexity index is 775. The fourth-order valence-electron chi connectivity index (χ4n) is 3.21. The van der Waals surface area contributed by atoms with Crippen LogP contribution in [0.3, 0.4) is 0 Å². The van der Waals surface area contributed by atoms with Gasteiger partial charge in [0, 0.05) is 31.4 Å². The minimum absolute atomic E-state index is 0.261. The average molecular weight is 331 g/mol. The summed E-state index contributed by atoms with van der Waals surface area (Å²) in [5.41, 5.74) is 2.49. The molecule has 1 fully saturated rings. The summed E-state index contributed by atoms with van der Waals surface area (Å²) >= 11 is 0. The molecule has 1 aromatic carbocycles. The Morgan fingerprint density at radius 3 is 2.24 bits per heavy atom. The van der Waals surface area contributed by atoms with Gasteiger partial charge in [-0.3, -0.25) is 0 Å². The molecule has 0 amide bonds. The molecule has 25 heavy (non-hydrogen) atoms. The van der Waals surface area contributed by atoms with Gasteiger partial charge in [0.05, 0.1) is 17.2 Å². The number of hydrogen-bond donors (Lipinski definition) is 1. The van der Waals surface area contributed by atoms with E-state index in [0.717, 1.165) is 31.7 Å². The van der Waals surface area contributed by atoms with Crippen LogP contribution in [0.5, 0.6) is 0 Å². The molecule has 1 N–H and O–H groups in total. The molecule has 5 nitrogen and oxygen atoms in total. The highest BCUT2D eigenvalue weighted by atomic mass is 15.2. The average Bonchev–Trinajstić information content (AvgIpc) is 2.68. The molecule has 1 aliphatic rings. The van der Waals surface area contributed by atoms with Crippen LogP contribution >= 0.6 is 0 Å². The molecule has 2 aromatic rings. The molecule has 0 radical (unpaired) electrons. The number of anilines is 1. The molecule has 2 heterocycles. The van der Waals surface area contributed by atoms with Crippen LogP contribution < -0.4 is 10.2 Å². The maximum atomic E-state index is 8.88. The number of hydrogen-bond acceptors (Lipinski definition) is 5. The lowest BCUT2D eigenvalue weighted by Gasteiger charge is -2.34. The Morgan fingerprint density at radius 2 is 1.68 bits per heavy atom. The predicted molar refractivity (Wildman–Crippen MR) is 96.9 cm³/mol. The van der Waals surface area contributed by atoms with Crippen LogP contribution in [0, 0.1) is 22.7 Å². The van der Waals surface area contributed by atoms with Crippen LogP contribution in [0.4, 0.5) is 5.82 Å². The zero-order valence-corrected chi connectivity index (χ0v) is 14.3. The van der Waals surface area contributed by atoms with Crippen molar-refractivity contribution < 1.29 is 0 Å². The van der Waals surface area contributed by atoms with Gasteiger partial charge in [0.1, 0.15) is 11.9 Å². The third-order valence-corrected chi connectivity index (χ3v) is 4.72. The molecule has 1 saturated heterocycles. The van der Waals surface area contributed by atoms with Gasteiger partial charge in [-0.25, -0.2) is 4.98 Å². The summed E-state index contributed by atoms with van der Waals surface area (Å²) in [5.74, 6) is 0.942. The molecule has 3 rings (SSSR count). The van der Waals surface area contributed by atoms with Gasteiger partial charge in [-0.2, -0.15) is 10.5 Å². The van der Waals surface area contributed by atoms with Gasteiger partial charge in [0.2, 0.25) is 0 Å². The highest BCUT2D eigenvalue weighted by Crippen LogP contribution is 2.21. The van der Waals surface area contributed by atoms with Crippen LogP contribution in [-0.4, -0.2) is 24.1 Å². The number of piperidine rings is 1. The third-order valence-electron chi connectivity index (χ3n) is 4.72. The third kappa shape index (κ3) is 4.15. The molecule has 1 aliphatic heterocycles. The second-order valence-corrected chi connectivity index (χ2v) is 6.40. The number of aromatic nitrogens is 1. The van der Waals surface area contributed by atoms with Gasteiger partial charge < -0.3 is 10.2 Å². The van der Waals surface area contributed by atoms with Crippen molar-refractivity contribution in [2.75, 3.05) is 18.0 Å². The lowest BCUT2D eigenvalue weighted by Crippen LogP contribution is -2.43. The summed E-state index contributed by atoms with van der Waals surface area (Å²) in [6, 6.07) is 16.5. The van der Waals surface area contributed by atoms with Gasteiger partial charge in [-0.05, 0) is 49.6 Å². The molecule has 0 aliphatic carbocycles. The van der Waals surface area contributed by atoms with E-state index in [4.69, 9.17) is 10.5 Å². The highest BCUT2D eigenvalue weighted by Gasteiger charge is 2.21. The predicted octanol–water partition coefficient (Wildman–Crippen LogP) is 3.14. The lowest BCUT2D eigenvalue weighted by molar-refractivity contribution is 0.380. The van der Waals surface area contributed by atoms with E-state index >= 15 is 0 Å². The summed E-state index contributed by atoms with van der Waals surface area (Å²) in [4.78, 5) is 6.65. The number of nitriles is 2. The highest BCUT2D eigenvalue weighted by molar-refractivity contribution is 5.42. The van der Waals surface area contributed by atoms with Crippen molar-refractivity contribution in [1.82, 2.24) is 10.3 Å². The molecule has 126 valence electrons. The van der Waals surface area contributed by atoms with E-state index in [2.05, 4.69) is 34.3 Å². The Hall–Kier alpha value is -2.89. The Balaban J connectivity index is 1.53. The Morgan fingerprint density at radius 1 is 1.04 bits per heavy atom. The van der Waals surface area contributed by atoms with E-state index < -0.39 is 0 Å². The Labute approximate surface area is 148 Å². The number of pyridine rings is 1. The number of rotatable bonds is 4. The fourth-order valence-corrected chi connectivity index (χ4v) is 3.21. The van der Waals surface area contributed by atoms with Crippen LogP contribution in [0.1, 0.15) is 42.5 Å². The molecule has 1 atom stereocenters. The van der Waals surface area contributed by atoms with E-state index in [1.165, 1.54) is 5.56 Å². The van der Waals surface area contributed by atoms with Gasteiger partial charge in [0.15, 0.2) is 0 Å². The van der Waals surface area contributed by atoms with Crippen LogP contribution in [-0.2, 0) is 0 Å². The van der Waals surface area contributed by atoms with Gasteiger partial charge in [-0.15, -0.1) is 0 Å². The molecular weight excluding hydrogens is 310 g/mol. The normalized spacial score (nSPS) is 16.0. The van der Waals surface area contributed by atoms with E-state index in [1.54, 1.807) is 6.20 Å². The van der Waals surface area contributed by atoms with Crippen molar-refractivity contribution in [3.63, 3.8) is 0 Å². The van der Waals surface area contributed by atoms with Crippen molar-refractivity contribution >= 4 is 5.82 Å². The largest absolute Gasteiger partial charge is 0.357 e. The zero-order chi connectivity index (χ0) is 17.6. The first-order valence-corrected chi connectivity index (χ1v) is 8.57. The number of nitrogens with one attached hydrogen (secondary N) is 1. The Kier molecular flexibility index (Phi) is 5.28. The van der Waals surface area contributed by atoms with Crippen molar-refractivity contribution in [3.8, 4) is 12.1 Å². The summed E-state index contributed by atoms with van der Waals surface area (Å²) < 4.78 is 0. The zero-order valence-electron chi connectivity index (χ0n) is 14.3. The summed E-state index contributed by atoms with van der Waals surface area (Å²) in [5, 5.41) is 21.4. The monoisotopic (exact) mass is 331 g/mol. The lowest BCUT2D eigenvalue weighted by atomic mass is 10.0. The van der Waals surface area contributed by atoms with Crippen molar-refractivity contribution in [2.24, 2.45) is 0 Å². The molecular formula is C20H21N5. The van der Waals surface area contributed by atoms with Gasteiger partial charge >= 0.3 is 0 Å². The number of benzene rings is 1. The molecule has 0 saturated carbocycles. The smallest absolute Gasteiger partial charge is 0.128 e. The maximum absolute atomic E-state index is 8.88. The first-order valence-electron chi connectivity index (χ1n) is 8.57. The van der Waals surface area contributed by atoms with Gasteiger partial charge in [0.25, 0.3) is 0 Å². The summed E-state index contributed by atoms with van der Waals surface area (Å²) in [6.07, 6.45) is 3.75. The van der Waals surface area contributed by atoms with E-state index in [9.17, 15) is 0 Å². The van der Waals surface area contributed by atoms with Crippen LogP contribution in [0.25, 0.3) is 0 Å². The maximum Gasteiger partial charge on any atom is 0.128 e. The number of nitrogens with zero attached hydrogens (tertiary/aromatic N) is 4. The van der Waals surface area contributed by atoms with Crippen molar-refractivity contribution in [1.29, 1.82) is 10.5 Å². The summed E-state index contributed by atoms with van der Waals surface area (Å²) in [7, 11) is 0. The molecule has 1 aromatic heterocycles. The van der Waals surface area contributed by atoms with E-state index in [-0.39, 0.29) is 6.04 Å². The molecule has 5 heteroatoms. The topological polar surface area (TPSA) is 75.7 Å². The van der Waals surface area contributed by atoms with Crippen LogP contribution in [0.2, 0.25) is 0 Å². The van der Waals surface area contributed by atoms with E-state index in [0.29, 0.717) is 17.2 Å². The van der Waals surface area contributed by atoms with Crippen molar-refractivity contribution in [3.05, 3.63) is 59.3 Å². The minimum atomic E-state index is 0.261. The molecule has 1 unspecified atom stereocenters. The van der Waals surface area contributed by atoms with Gasteiger partial charge in [-0.1, -0.05) is 12.1 Å². The second-order valence-electron chi connectivity index (χ2n) is 6.40. The first kappa shape index (κ1) is 17.0. The summed E-state index contributed by atoms with van der Waals surface area (Å²) in [6.45, 7) is 4.07. The van der Waals surface area contributed by atoms with E-state index in [1.807, 2.05) is 36.4 Å². The quantitative estimate of drug-likeness (QED) is 0.931. The van der Waals surface area contributed by atoms with Crippen molar-refractivity contribution in [2.45, 2.75) is 31.8 Å². The standard InChI is InChI=1S/C20H21N5/c1-15(18-5-2-16(12-21)3-6-18)24-19-8-10-25(11-9-19)20-7-4-17(13-22)14-23-20/h2-7,14-15,19,24H,8-11H2,1H3. The fraction of sp³-hybridized carbons (Fsp3) is 0.350.